The predicted molar refractivity (Wildman–Crippen MR) is 108 cm³/mol. The number of nitrogens with zero attached hydrogens (tertiary/aromatic N) is 3. The van der Waals surface area contributed by atoms with Gasteiger partial charge >= 0.3 is 5.97 Å². The number of carboxylic acids is 1. The molecular weight excluding hydrogens is 354 g/mol. The normalized spacial score (nSPS) is 14.4. The molecule has 0 aliphatic heterocycles. The first kappa shape index (κ1) is 20.1. The summed E-state index contributed by atoms with van der Waals surface area (Å²) in [5.74, 6) is -0.714. The summed E-state index contributed by atoms with van der Waals surface area (Å²) < 4.78 is 1.83. The Morgan fingerprint density at radius 2 is 1.82 bits per heavy atom. The average Bonchev–Trinajstić information content (AvgIpc) is 3.29. The van der Waals surface area contributed by atoms with E-state index in [1.54, 1.807) is 0 Å². The van der Waals surface area contributed by atoms with Crippen molar-refractivity contribution in [2.24, 2.45) is 0 Å². The molecule has 1 aliphatic rings. The number of carbonyl (C=O) groups is 2. The predicted octanol–water partition coefficient (Wildman–Crippen LogP) is 3.91. The van der Waals surface area contributed by atoms with Crippen molar-refractivity contribution in [2.75, 3.05) is 6.54 Å². The zero-order chi connectivity index (χ0) is 20.3. The lowest BCUT2D eigenvalue weighted by Gasteiger charge is -2.27. The Morgan fingerprint density at radius 1 is 1.18 bits per heavy atom. The van der Waals surface area contributed by atoms with Crippen LogP contribution in [0, 0.1) is 13.8 Å². The van der Waals surface area contributed by atoms with Gasteiger partial charge in [-0.3, -0.25) is 9.59 Å². The molecule has 1 aromatic carbocycles. The number of aromatic nitrogens is 2. The van der Waals surface area contributed by atoms with Crippen LogP contribution in [0.2, 0.25) is 0 Å². The van der Waals surface area contributed by atoms with Crippen LogP contribution in [0.25, 0.3) is 5.69 Å². The van der Waals surface area contributed by atoms with Crippen molar-refractivity contribution in [3.05, 3.63) is 46.8 Å². The fourth-order valence-electron chi connectivity index (χ4n) is 4.21. The standard InChI is InChI=1S/C22H29N3O3/c1-4-24(18-7-5-6-8-18)22(28)17-9-11-19(12-10-17)25-16(3)20(15(2)23-25)13-14-21(26)27/h9-12,18H,4-8,13-14H2,1-3H3,(H,26,27). The number of hydrogen-bond donors (Lipinski definition) is 1. The second-order valence-corrected chi connectivity index (χ2v) is 7.53. The molecule has 6 heteroatoms. The topological polar surface area (TPSA) is 75.4 Å². The van der Waals surface area contributed by atoms with Crippen molar-refractivity contribution in [2.45, 2.75) is 65.3 Å². The zero-order valence-corrected chi connectivity index (χ0v) is 16.9. The van der Waals surface area contributed by atoms with Crippen LogP contribution in [0.5, 0.6) is 0 Å². The first-order chi connectivity index (χ1) is 13.4. The minimum absolute atomic E-state index is 0.0921. The lowest BCUT2D eigenvalue weighted by Crippen LogP contribution is -2.38. The molecule has 0 bridgehead atoms. The van der Waals surface area contributed by atoms with Crippen LogP contribution in [-0.4, -0.2) is 44.3 Å². The van der Waals surface area contributed by atoms with Crippen molar-refractivity contribution >= 4 is 11.9 Å². The molecule has 0 saturated heterocycles. The lowest BCUT2D eigenvalue weighted by molar-refractivity contribution is -0.136. The van der Waals surface area contributed by atoms with Crippen molar-refractivity contribution in [3.63, 3.8) is 0 Å². The van der Waals surface area contributed by atoms with Gasteiger partial charge in [0.25, 0.3) is 5.91 Å². The summed E-state index contributed by atoms with van der Waals surface area (Å²) in [5.41, 5.74) is 4.34. The molecule has 1 amide bonds. The van der Waals surface area contributed by atoms with Gasteiger partial charge in [-0.05, 0) is 69.9 Å². The summed E-state index contributed by atoms with van der Waals surface area (Å²) in [7, 11) is 0. The van der Waals surface area contributed by atoms with E-state index in [0.29, 0.717) is 18.0 Å². The number of hydrogen-bond acceptors (Lipinski definition) is 3. The average molecular weight is 383 g/mol. The SMILES string of the molecule is CCN(C(=O)c1ccc(-n2nc(C)c(CCC(=O)O)c2C)cc1)C1CCCC1. The molecule has 1 N–H and O–H groups in total. The summed E-state index contributed by atoms with van der Waals surface area (Å²) in [5, 5.41) is 13.5. The number of carboxylic acid groups (broad SMARTS) is 1. The molecule has 1 aromatic heterocycles. The number of carbonyl (C=O) groups excluding carboxylic acids is 1. The highest BCUT2D eigenvalue weighted by molar-refractivity contribution is 5.94. The number of rotatable bonds is 7. The molecule has 28 heavy (non-hydrogen) atoms. The summed E-state index contributed by atoms with van der Waals surface area (Å²) >= 11 is 0. The quantitative estimate of drug-likeness (QED) is 0.786. The second-order valence-electron chi connectivity index (χ2n) is 7.53. The maximum absolute atomic E-state index is 12.9. The molecule has 1 heterocycles. The molecule has 0 unspecified atom stereocenters. The van der Waals surface area contributed by atoms with Crippen LogP contribution in [-0.2, 0) is 11.2 Å². The van der Waals surface area contributed by atoms with E-state index in [1.807, 2.05) is 54.6 Å². The largest absolute Gasteiger partial charge is 0.481 e. The zero-order valence-electron chi connectivity index (χ0n) is 16.9. The first-order valence-electron chi connectivity index (χ1n) is 10.1. The molecule has 0 radical (unpaired) electrons. The fraction of sp³-hybridized carbons (Fsp3) is 0.500. The molecule has 1 saturated carbocycles. The molecule has 2 aromatic rings. The number of benzene rings is 1. The Morgan fingerprint density at radius 3 is 2.39 bits per heavy atom. The van der Waals surface area contributed by atoms with Gasteiger partial charge in [0.1, 0.15) is 0 Å². The van der Waals surface area contributed by atoms with Crippen LogP contribution >= 0.6 is 0 Å². The molecule has 3 rings (SSSR count). The third kappa shape index (κ3) is 4.11. The summed E-state index contributed by atoms with van der Waals surface area (Å²) in [4.78, 5) is 25.8. The van der Waals surface area contributed by atoms with Crippen molar-refractivity contribution < 1.29 is 14.7 Å². The van der Waals surface area contributed by atoms with Gasteiger partial charge in [-0.1, -0.05) is 12.8 Å². The molecule has 1 aliphatic carbocycles. The molecule has 150 valence electrons. The van der Waals surface area contributed by atoms with E-state index in [-0.39, 0.29) is 12.3 Å². The Balaban J connectivity index is 1.80. The molecule has 6 nitrogen and oxygen atoms in total. The Hall–Kier alpha value is -2.63. The van der Waals surface area contributed by atoms with Gasteiger partial charge in [0, 0.05) is 30.3 Å². The highest BCUT2D eigenvalue weighted by atomic mass is 16.4. The smallest absolute Gasteiger partial charge is 0.303 e. The third-order valence-electron chi connectivity index (χ3n) is 5.76. The fourth-order valence-corrected chi connectivity index (χ4v) is 4.21. The number of aryl methyl sites for hydroxylation is 1. The van der Waals surface area contributed by atoms with Crippen molar-refractivity contribution in [1.29, 1.82) is 0 Å². The van der Waals surface area contributed by atoms with Gasteiger partial charge in [-0.2, -0.15) is 5.10 Å². The van der Waals surface area contributed by atoms with E-state index in [1.165, 1.54) is 12.8 Å². The van der Waals surface area contributed by atoms with E-state index in [4.69, 9.17) is 5.11 Å². The molecule has 0 atom stereocenters. The van der Waals surface area contributed by atoms with Crippen LogP contribution in [0.15, 0.2) is 24.3 Å². The van der Waals surface area contributed by atoms with E-state index in [9.17, 15) is 9.59 Å². The van der Waals surface area contributed by atoms with Crippen LogP contribution < -0.4 is 0 Å². The van der Waals surface area contributed by atoms with E-state index in [2.05, 4.69) is 5.10 Å². The van der Waals surface area contributed by atoms with Gasteiger partial charge in [-0.25, -0.2) is 4.68 Å². The Kier molecular flexibility index (Phi) is 6.17. The maximum atomic E-state index is 12.9. The van der Waals surface area contributed by atoms with Gasteiger partial charge in [0.05, 0.1) is 11.4 Å². The van der Waals surface area contributed by atoms with E-state index in [0.717, 1.165) is 42.0 Å². The van der Waals surface area contributed by atoms with Crippen molar-refractivity contribution in [1.82, 2.24) is 14.7 Å². The van der Waals surface area contributed by atoms with E-state index < -0.39 is 5.97 Å². The first-order valence-corrected chi connectivity index (χ1v) is 10.1. The molecular formula is C22H29N3O3. The lowest BCUT2D eigenvalue weighted by atomic mass is 10.1. The van der Waals surface area contributed by atoms with Crippen LogP contribution in [0.1, 0.15) is 66.3 Å². The molecule has 0 spiro atoms. The minimum atomic E-state index is -0.808. The summed E-state index contributed by atoms with van der Waals surface area (Å²) in [6.45, 7) is 6.63. The summed E-state index contributed by atoms with van der Waals surface area (Å²) in [6.07, 6.45) is 5.17. The maximum Gasteiger partial charge on any atom is 0.303 e. The van der Waals surface area contributed by atoms with E-state index >= 15 is 0 Å². The van der Waals surface area contributed by atoms with Crippen LogP contribution in [0.3, 0.4) is 0 Å². The summed E-state index contributed by atoms with van der Waals surface area (Å²) in [6, 6.07) is 7.92. The van der Waals surface area contributed by atoms with Gasteiger partial charge in [0.2, 0.25) is 0 Å². The van der Waals surface area contributed by atoms with Crippen molar-refractivity contribution in [3.8, 4) is 5.69 Å². The minimum Gasteiger partial charge on any atom is -0.481 e. The third-order valence-corrected chi connectivity index (χ3v) is 5.76. The van der Waals surface area contributed by atoms with Crippen LogP contribution in [0.4, 0.5) is 0 Å². The highest BCUT2D eigenvalue weighted by Gasteiger charge is 2.26. The van der Waals surface area contributed by atoms with Gasteiger partial charge < -0.3 is 10.0 Å². The Labute approximate surface area is 166 Å². The molecule has 1 fully saturated rings. The number of aliphatic carboxylic acids is 1. The van der Waals surface area contributed by atoms with Gasteiger partial charge in [-0.15, -0.1) is 0 Å². The second kappa shape index (κ2) is 8.59. The highest BCUT2D eigenvalue weighted by Crippen LogP contribution is 2.25. The van der Waals surface area contributed by atoms with Gasteiger partial charge in [0.15, 0.2) is 0 Å². The Bertz CT molecular complexity index is 849. The monoisotopic (exact) mass is 383 g/mol. The number of amides is 1.